The van der Waals surface area contributed by atoms with Crippen LogP contribution in [0.2, 0.25) is 0 Å². The topological polar surface area (TPSA) is 35.1 Å². The highest BCUT2D eigenvalue weighted by molar-refractivity contribution is 6.13. The minimum absolute atomic E-state index is 0.870. The smallest absolute Gasteiger partial charge is 0.138 e. The molecule has 8 aromatic rings. The summed E-state index contributed by atoms with van der Waals surface area (Å²) < 4.78 is 4.58. The van der Waals surface area contributed by atoms with E-state index < -0.39 is 0 Å². The SMILES string of the molecule is CCc1nc2ccccc2n1-c1cccc(-c2cccc(-c3nc4cccc5c6ccccc6c3n45)c2)c1. The second kappa shape index (κ2) is 8.02. The Bertz CT molecular complexity index is 2130. The van der Waals surface area contributed by atoms with Crippen LogP contribution in [0.15, 0.2) is 115 Å². The Morgan fingerprint density at radius 3 is 2.21 bits per heavy atom. The summed E-state index contributed by atoms with van der Waals surface area (Å²) in [5.41, 5.74) is 11.1. The molecule has 0 radical (unpaired) electrons. The molecule has 0 atom stereocenters. The van der Waals surface area contributed by atoms with Crippen molar-refractivity contribution in [2.75, 3.05) is 0 Å². The normalized spacial score (nSPS) is 11.9. The molecule has 0 unspecified atom stereocenters. The monoisotopic (exact) mass is 488 g/mol. The third kappa shape index (κ3) is 2.97. The lowest BCUT2D eigenvalue weighted by Crippen LogP contribution is -2.00. The maximum Gasteiger partial charge on any atom is 0.138 e. The highest BCUT2D eigenvalue weighted by atomic mass is 15.1. The number of hydrogen-bond acceptors (Lipinski definition) is 2. The van der Waals surface area contributed by atoms with Crippen molar-refractivity contribution in [2.45, 2.75) is 13.3 Å². The molecule has 0 bridgehead atoms. The van der Waals surface area contributed by atoms with Crippen LogP contribution in [0.3, 0.4) is 0 Å². The first-order valence-electron chi connectivity index (χ1n) is 13.1. The third-order valence-corrected chi connectivity index (χ3v) is 7.62. The molecular formula is C34H24N4. The molecule has 0 amide bonds. The summed E-state index contributed by atoms with van der Waals surface area (Å²) in [6.45, 7) is 2.16. The molecule has 4 nitrogen and oxygen atoms in total. The summed E-state index contributed by atoms with van der Waals surface area (Å²) in [5.74, 6) is 1.07. The zero-order chi connectivity index (χ0) is 25.2. The van der Waals surface area contributed by atoms with Gasteiger partial charge in [-0.3, -0.25) is 8.97 Å². The van der Waals surface area contributed by atoms with Gasteiger partial charge in [-0.05, 0) is 53.6 Å². The number of nitrogens with zero attached hydrogens (tertiary/aromatic N) is 4. The quantitative estimate of drug-likeness (QED) is 0.250. The highest BCUT2D eigenvalue weighted by Crippen LogP contribution is 2.38. The number of hydrogen-bond donors (Lipinski definition) is 0. The van der Waals surface area contributed by atoms with Crippen molar-refractivity contribution in [1.29, 1.82) is 0 Å². The number of imidazole rings is 2. The summed E-state index contributed by atoms with van der Waals surface area (Å²) in [6.07, 6.45) is 0.870. The number of benzene rings is 4. The molecule has 4 aromatic carbocycles. The zero-order valence-electron chi connectivity index (χ0n) is 21.0. The predicted molar refractivity (Wildman–Crippen MR) is 156 cm³/mol. The van der Waals surface area contributed by atoms with E-state index in [2.05, 4.69) is 125 Å². The van der Waals surface area contributed by atoms with Gasteiger partial charge in [0, 0.05) is 28.4 Å². The van der Waals surface area contributed by atoms with E-state index in [-0.39, 0.29) is 0 Å². The van der Waals surface area contributed by atoms with E-state index in [9.17, 15) is 0 Å². The number of rotatable bonds is 4. The summed E-state index contributed by atoms with van der Waals surface area (Å²) in [5, 5.41) is 2.50. The third-order valence-electron chi connectivity index (χ3n) is 7.62. The van der Waals surface area contributed by atoms with E-state index in [1.165, 1.54) is 32.9 Å². The van der Waals surface area contributed by atoms with Crippen molar-refractivity contribution in [1.82, 2.24) is 18.9 Å². The Labute approximate surface area is 219 Å². The second-order valence-corrected chi connectivity index (χ2v) is 9.80. The Kier molecular flexibility index (Phi) is 4.47. The lowest BCUT2D eigenvalue weighted by molar-refractivity contribution is 0.908. The molecule has 0 aliphatic carbocycles. The average Bonchev–Trinajstić information content (AvgIpc) is 3.66. The first kappa shape index (κ1) is 21.2. The molecule has 0 spiro atoms. The fourth-order valence-corrected chi connectivity index (χ4v) is 5.94. The molecule has 8 rings (SSSR count). The van der Waals surface area contributed by atoms with Gasteiger partial charge in [0.25, 0.3) is 0 Å². The average molecular weight is 489 g/mol. The van der Waals surface area contributed by atoms with E-state index in [1.807, 2.05) is 6.07 Å². The van der Waals surface area contributed by atoms with E-state index in [0.717, 1.165) is 45.9 Å². The first-order valence-corrected chi connectivity index (χ1v) is 13.1. The van der Waals surface area contributed by atoms with Crippen molar-refractivity contribution >= 4 is 38.5 Å². The molecule has 0 N–H and O–H groups in total. The first-order chi connectivity index (χ1) is 18.8. The van der Waals surface area contributed by atoms with Crippen LogP contribution in [0.4, 0.5) is 0 Å². The largest absolute Gasteiger partial charge is 0.296 e. The lowest BCUT2D eigenvalue weighted by atomic mass is 10.0. The van der Waals surface area contributed by atoms with Crippen LogP contribution in [0, 0.1) is 0 Å². The van der Waals surface area contributed by atoms with Crippen LogP contribution in [0.1, 0.15) is 12.7 Å². The fraction of sp³-hybridized carbons (Fsp3) is 0.0588. The van der Waals surface area contributed by atoms with E-state index in [4.69, 9.17) is 9.97 Å². The Hall–Kier alpha value is -4.96. The van der Waals surface area contributed by atoms with E-state index >= 15 is 0 Å². The molecule has 0 saturated heterocycles. The lowest BCUT2D eigenvalue weighted by Gasteiger charge is -2.11. The van der Waals surface area contributed by atoms with Crippen LogP contribution in [0.25, 0.3) is 66.6 Å². The van der Waals surface area contributed by atoms with Gasteiger partial charge in [-0.2, -0.15) is 0 Å². The van der Waals surface area contributed by atoms with Crippen molar-refractivity contribution < 1.29 is 0 Å². The summed E-state index contributed by atoms with van der Waals surface area (Å²) in [4.78, 5) is 9.97. The minimum Gasteiger partial charge on any atom is -0.296 e. The summed E-state index contributed by atoms with van der Waals surface area (Å²) in [7, 11) is 0. The zero-order valence-corrected chi connectivity index (χ0v) is 21.0. The number of para-hydroxylation sites is 2. The Morgan fingerprint density at radius 1 is 0.605 bits per heavy atom. The molecule has 0 fully saturated rings. The summed E-state index contributed by atoms with van der Waals surface area (Å²) >= 11 is 0. The second-order valence-electron chi connectivity index (χ2n) is 9.80. The predicted octanol–water partition coefficient (Wildman–Crippen LogP) is 8.31. The highest BCUT2D eigenvalue weighted by Gasteiger charge is 2.19. The van der Waals surface area contributed by atoms with Gasteiger partial charge in [0.15, 0.2) is 0 Å². The maximum atomic E-state index is 5.09. The molecule has 0 aliphatic heterocycles. The van der Waals surface area contributed by atoms with Crippen LogP contribution >= 0.6 is 0 Å². The number of pyridine rings is 1. The van der Waals surface area contributed by atoms with Crippen LogP contribution in [-0.2, 0) is 6.42 Å². The molecule has 4 heterocycles. The molecule has 38 heavy (non-hydrogen) atoms. The van der Waals surface area contributed by atoms with Gasteiger partial charge in [-0.25, -0.2) is 9.97 Å². The molecular weight excluding hydrogens is 464 g/mol. The van der Waals surface area contributed by atoms with Crippen LogP contribution < -0.4 is 0 Å². The molecule has 180 valence electrons. The number of aryl methyl sites for hydroxylation is 1. The molecule has 0 aliphatic rings. The van der Waals surface area contributed by atoms with Crippen LogP contribution in [-0.4, -0.2) is 18.9 Å². The Morgan fingerprint density at radius 2 is 1.32 bits per heavy atom. The molecule has 0 saturated carbocycles. The minimum atomic E-state index is 0.870. The number of fused-ring (bicyclic) bond motifs is 4. The Balaban J connectivity index is 1.30. The molecule has 4 heteroatoms. The van der Waals surface area contributed by atoms with Gasteiger partial charge < -0.3 is 0 Å². The van der Waals surface area contributed by atoms with Crippen molar-refractivity contribution in [3.05, 3.63) is 121 Å². The molecule has 4 aromatic heterocycles. The van der Waals surface area contributed by atoms with Crippen molar-refractivity contribution in [3.63, 3.8) is 0 Å². The van der Waals surface area contributed by atoms with Gasteiger partial charge in [-0.15, -0.1) is 0 Å². The van der Waals surface area contributed by atoms with Crippen LogP contribution in [0.5, 0.6) is 0 Å². The van der Waals surface area contributed by atoms with Crippen molar-refractivity contribution in [3.8, 4) is 28.1 Å². The number of aromatic nitrogens is 4. The fourth-order valence-electron chi connectivity index (χ4n) is 5.94. The van der Waals surface area contributed by atoms with Gasteiger partial charge in [0.05, 0.1) is 27.8 Å². The van der Waals surface area contributed by atoms with E-state index in [0.29, 0.717) is 0 Å². The summed E-state index contributed by atoms with van der Waals surface area (Å²) in [6, 6.07) is 40.9. The van der Waals surface area contributed by atoms with Crippen molar-refractivity contribution in [2.24, 2.45) is 0 Å². The van der Waals surface area contributed by atoms with E-state index in [1.54, 1.807) is 0 Å². The van der Waals surface area contributed by atoms with Gasteiger partial charge >= 0.3 is 0 Å². The van der Waals surface area contributed by atoms with Gasteiger partial charge in [0.2, 0.25) is 0 Å². The maximum absolute atomic E-state index is 5.09. The standard InChI is InChI=1S/C34H24N4/c1-2-31-35-28-16-5-6-17-30(28)37(31)25-13-8-11-23(21-25)22-10-7-12-24(20-22)33-34-27-15-4-3-14-26(27)29-18-9-19-32(36-33)38(29)34/h3-21H,2H2,1H3. The van der Waals surface area contributed by atoms with Gasteiger partial charge in [-0.1, -0.05) is 79.7 Å². The van der Waals surface area contributed by atoms with Gasteiger partial charge in [0.1, 0.15) is 11.5 Å².